The molecule has 0 bridgehead atoms. The molecule has 152 valence electrons. The van der Waals surface area contributed by atoms with Crippen LogP contribution in [0.4, 0.5) is 23.4 Å². The Bertz CT molecular complexity index is 1060. The molecule has 1 amide bonds. The van der Waals surface area contributed by atoms with Crippen LogP contribution in [-0.4, -0.2) is 32.5 Å². The van der Waals surface area contributed by atoms with Crippen LogP contribution in [-0.2, 0) is 6.18 Å². The van der Waals surface area contributed by atoms with E-state index in [2.05, 4.69) is 15.2 Å². The van der Waals surface area contributed by atoms with Crippen LogP contribution < -0.4 is 5.73 Å². The number of hydrogen-bond acceptors (Lipinski definition) is 4. The van der Waals surface area contributed by atoms with Crippen molar-refractivity contribution in [2.45, 2.75) is 31.5 Å². The van der Waals surface area contributed by atoms with E-state index < -0.39 is 23.6 Å². The topological polar surface area (TPSA) is 87.9 Å². The SMILES string of the molecule is Nc1[nH]nc2nc([C@@H]3CCCCN3C(=O)c3ccc(F)cc3)cc(C(F)(F)F)c12. The number of pyridine rings is 1. The van der Waals surface area contributed by atoms with Gasteiger partial charge in [-0.3, -0.25) is 9.89 Å². The number of piperidine rings is 1. The number of alkyl halides is 3. The summed E-state index contributed by atoms with van der Waals surface area (Å²) < 4.78 is 54.1. The summed E-state index contributed by atoms with van der Waals surface area (Å²) >= 11 is 0. The largest absolute Gasteiger partial charge is 0.417 e. The summed E-state index contributed by atoms with van der Waals surface area (Å²) in [6.07, 6.45) is -2.74. The van der Waals surface area contributed by atoms with Gasteiger partial charge in [0, 0.05) is 12.1 Å². The number of H-pyrrole nitrogens is 1. The number of nitrogens with two attached hydrogens (primary N) is 1. The first kappa shape index (κ1) is 19.2. The minimum absolute atomic E-state index is 0.103. The molecule has 1 atom stereocenters. The molecule has 6 nitrogen and oxygen atoms in total. The first-order chi connectivity index (χ1) is 13.8. The maximum absolute atomic E-state index is 13.6. The van der Waals surface area contributed by atoms with E-state index in [1.165, 1.54) is 29.2 Å². The molecule has 2 aromatic heterocycles. The Morgan fingerprint density at radius 1 is 1.21 bits per heavy atom. The Labute approximate surface area is 162 Å². The predicted molar refractivity (Wildman–Crippen MR) is 97.3 cm³/mol. The second-order valence-electron chi connectivity index (χ2n) is 6.95. The summed E-state index contributed by atoms with van der Waals surface area (Å²) in [6.45, 7) is 0.366. The van der Waals surface area contributed by atoms with Crippen molar-refractivity contribution >= 4 is 22.8 Å². The third-order valence-electron chi connectivity index (χ3n) is 5.07. The minimum atomic E-state index is -4.66. The molecule has 3 aromatic rings. The molecule has 0 radical (unpaired) electrons. The second kappa shape index (κ2) is 7.02. The number of anilines is 1. The van der Waals surface area contributed by atoms with Crippen LogP contribution >= 0.6 is 0 Å². The van der Waals surface area contributed by atoms with Gasteiger partial charge in [0.1, 0.15) is 11.6 Å². The summed E-state index contributed by atoms with van der Waals surface area (Å²) in [5.74, 6) is -1.07. The number of aromatic nitrogens is 3. The van der Waals surface area contributed by atoms with Crippen molar-refractivity contribution in [3.63, 3.8) is 0 Å². The lowest BCUT2D eigenvalue weighted by atomic mass is 9.96. The molecule has 1 saturated heterocycles. The molecule has 1 fully saturated rings. The number of benzene rings is 1. The lowest BCUT2D eigenvalue weighted by Gasteiger charge is -2.35. The van der Waals surface area contributed by atoms with Gasteiger partial charge in [-0.1, -0.05) is 0 Å². The van der Waals surface area contributed by atoms with Gasteiger partial charge in [0.05, 0.1) is 22.7 Å². The maximum atomic E-state index is 13.6. The number of carbonyl (C=O) groups excluding carboxylic acids is 1. The molecular formula is C19H17F4N5O. The molecule has 10 heteroatoms. The smallest absolute Gasteiger partial charge is 0.383 e. The zero-order valence-electron chi connectivity index (χ0n) is 15.1. The van der Waals surface area contributed by atoms with Gasteiger partial charge in [-0.05, 0) is 49.6 Å². The summed E-state index contributed by atoms with van der Waals surface area (Å²) in [4.78, 5) is 18.7. The number of nitrogen functional groups attached to an aromatic ring is 1. The molecule has 3 heterocycles. The van der Waals surface area contributed by atoms with Gasteiger partial charge < -0.3 is 10.6 Å². The van der Waals surface area contributed by atoms with Crippen LogP contribution in [0.15, 0.2) is 30.3 Å². The van der Waals surface area contributed by atoms with Crippen molar-refractivity contribution in [2.24, 2.45) is 0 Å². The van der Waals surface area contributed by atoms with Crippen molar-refractivity contribution in [1.29, 1.82) is 0 Å². The second-order valence-corrected chi connectivity index (χ2v) is 6.95. The number of amides is 1. The van der Waals surface area contributed by atoms with E-state index in [4.69, 9.17) is 5.73 Å². The zero-order valence-corrected chi connectivity index (χ0v) is 15.1. The number of nitrogens with one attached hydrogen (secondary N) is 1. The van der Waals surface area contributed by atoms with E-state index in [1.807, 2.05) is 0 Å². The van der Waals surface area contributed by atoms with Gasteiger partial charge in [0.15, 0.2) is 5.65 Å². The standard InChI is InChI=1S/C19H17F4N5O/c20-11-6-4-10(5-7-11)18(29)28-8-2-1-3-14(28)13-9-12(19(21,22)23)15-16(24)26-27-17(15)25-13/h4-7,9,14H,1-3,8H2,(H3,24,25,26,27)/t14-/m0/s1. The highest BCUT2D eigenvalue weighted by Gasteiger charge is 2.37. The van der Waals surface area contributed by atoms with Gasteiger partial charge in [-0.15, -0.1) is 0 Å². The molecule has 0 aliphatic carbocycles. The maximum Gasteiger partial charge on any atom is 0.417 e. The predicted octanol–water partition coefficient (Wildman–Crippen LogP) is 4.07. The lowest BCUT2D eigenvalue weighted by molar-refractivity contribution is -0.136. The summed E-state index contributed by atoms with van der Waals surface area (Å²) in [7, 11) is 0. The van der Waals surface area contributed by atoms with Crippen molar-refractivity contribution in [1.82, 2.24) is 20.1 Å². The number of nitrogens with zero attached hydrogens (tertiary/aromatic N) is 3. The first-order valence-corrected chi connectivity index (χ1v) is 9.04. The summed E-state index contributed by atoms with van der Waals surface area (Å²) in [6, 6.07) is 5.35. The Balaban J connectivity index is 1.78. The van der Waals surface area contributed by atoms with Gasteiger partial charge in [0.25, 0.3) is 5.91 Å². The van der Waals surface area contributed by atoms with Crippen LogP contribution in [0.2, 0.25) is 0 Å². The molecule has 1 aliphatic heterocycles. The number of halogens is 4. The van der Waals surface area contributed by atoms with Crippen molar-refractivity contribution in [3.8, 4) is 0 Å². The molecule has 1 aromatic carbocycles. The third-order valence-corrected chi connectivity index (χ3v) is 5.07. The van der Waals surface area contributed by atoms with Crippen LogP contribution in [0.25, 0.3) is 11.0 Å². The number of aromatic amines is 1. The van der Waals surface area contributed by atoms with E-state index in [-0.39, 0.29) is 34.0 Å². The molecule has 0 spiro atoms. The Kier molecular flexibility index (Phi) is 4.64. The van der Waals surface area contributed by atoms with Gasteiger partial charge in [0.2, 0.25) is 0 Å². The fourth-order valence-corrected chi connectivity index (χ4v) is 3.70. The van der Waals surface area contributed by atoms with E-state index in [0.29, 0.717) is 19.4 Å². The van der Waals surface area contributed by atoms with Crippen LogP contribution in [0.1, 0.15) is 46.9 Å². The number of hydrogen-bond donors (Lipinski definition) is 2. The fraction of sp³-hybridized carbons (Fsp3) is 0.316. The van der Waals surface area contributed by atoms with Crippen molar-refractivity contribution < 1.29 is 22.4 Å². The number of rotatable bonds is 2. The average Bonchev–Trinajstić information content (AvgIpc) is 3.07. The Hall–Kier alpha value is -3.17. The van der Waals surface area contributed by atoms with E-state index >= 15 is 0 Å². The van der Waals surface area contributed by atoms with Gasteiger partial charge in [-0.2, -0.15) is 18.3 Å². The molecule has 0 saturated carbocycles. The van der Waals surface area contributed by atoms with Crippen LogP contribution in [0.5, 0.6) is 0 Å². The quantitative estimate of drug-likeness (QED) is 0.627. The molecule has 1 aliphatic rings. The Morgan fingerprint density at radius 3 is 2.62 bits per heavy atom. The van der Waals surface area contributed by atoms with Gasteiger partial charge >= 0.3 is 6.18 Å². The highest BCUT2D eigenvalue weighted by Crippen LogP contribution is 2.39. The zero-order chi connectivity index (χ0) is 20.8. The highest BCUT2D eigenvalue weighted by molar-refractivity contribution is 5.94. The number of likely N-dealkylation sites (tertiary alicyclic amines) is 1. The van der Waals surface area contributed by atoms with E-state index in [9.17, 15) is 22.4 Å². The monoisotopic (exact) mass is 407 g/mol. The van der Waals surface area contributed by atoms with E-state index in [0.717, 1.165) is 12.5 Å². The fourth-order valence-electron chi connectivity index (χ4n) is 3.70. The minimum Gasteiger partial charge on any atom is -0.383 e. The normalized spacial score (nSPS) is 17.7. The molecule has 0 unspecified atom stereocenters. The average molecular weight is 407 g/mol. The third kappa shape index (κ3) is 3.50. The summed E-state index contributed by atoms with van der Waals surface area (Å²) in [5.41, 5.74) is 4.89. The van der Waals surface area contributed by atoms with Crippen molar-refractivity contribution in [2.75, 3.05) is 12.3 Å². The summed E-state index contributed by atoms with van der Waals surface area (Å²) in [5, 5.41) is 5.83. The molecule has 29 heavy (non-hydrogen) atoms. The van der Waals surface area contributed by atoms with Crippen LogP contribution in [0.3, 0.4) is 0 Å². The number of carbonyl (C=O) groups is 1. The van der Waals surface area contributed by atoms with Gasteiger partial charge in [-0.25, -0.2) is 9.37 Å². The molecule has 3 N–H and O–H groups in total. The lowest BCUT2D eigenvalue weighted by Crippen LogP contribution is -2.39. The highest BCUT2D eigenvalue weighted by atomic mass is 19.4. The molecule has 4 rings (SSSR count). The van der Waals surface area contributed by atoms with Crippen molar-refractivity contribution in [3.05, 3.63) is 53.0 Å². The molecular weight excluding hydrogens is 390 g/mol. The number of fused-ring (bicyclic) bond motifs is 1. The first-order valence-electron chi connectivity index (χ1n) is 9.04. The Morgan fingerprint density at radius 2 is 1.93 bits per heavy atom. The van der Waals surface area contributed by atoms with Crippen LogP contribution in [0, 0.1) is 5.82 Å². The van der Waals surface area contributed by atoms with E-state index in [1.54, 1.807) is 0 Å².